The van der Waals surface area contributed by atoms with Crippen molar-refractivity contribution in [3.63, 3.8) is 0 Å². The van der Waals surface area contributed by atoms with E-state index in [0.29, 0.717) is 19.5 Å². The molecule has 1 rings (SSSR count). The molecule has 0 aromatic heterocycles. The fourth-order valence-electron chi connectivity index (χ4n) is 1.52. The van der Waals surface area contributed by atoms with Crippen molar-refractivity contribution in [1.82, 2.24) is 10.3 Å². The molecule has 1 aromatic rings. The number of hydrogen-bond donors (Lipinski definition) is 4. The molecule has 118 valence electrons. The number of hydrogen-bond acceptors (Lipinski definition) is 5. The summed E-state index contributed by atoms with van der Waals surface area (Å²) in [5.41, 5.74) is 12.0. The fraction of sp³-hybridized carbons (Fsp3) is 0.400. The van der Waals surface area contributed by atoms with Crippen molar-refractivity contribution in [2.24, 2.45) is 17.3 Å². The molecule has 6 nitrogen and oxygen atoms in total. The first kappa shape index (κ1) is 18.9. The van der Waals surface area contributed by atoms with Crippen molar-refractivity contribution >= 4 is 5.91 Å². The maximum absolute atomic E-state index is 11.7. The van der Waals surface area contributed by atoms with E-state index in [1.54, 1.807) is 0 Å². The molecule has 0 saturated heterocycles. The molecule has 0 aliphatic heterocycles. The molecule has 1 amide bonds. The number of nitrogens with zero attached hydrogens (tertiary/aromatic N) is 1. The van der Waals surface area contributed by atoms with E-state index in [0.717, 1.165) is 5.56 Å². The van der Waals surface area contributed by atoms with Crippen molar-refractivity contribution in [3.05, 3.63) is 48.3 Å². The quantitative estimate of drug-likeness (QED) is 0.436. The van der Waals surface area contributed by atoms with E-state index >= 15 is 0 Å². The van der Waals surface area contributed by atoms with Crippen LogP contribution in [0.3, 0.4) is 0 Å². The Labute approximate surface area is 126 Å². The molecule has 1 aromatic carbocycles. The van der Waals surface area contributed by atoms with Crippen LogP contribution >= 0.6 is 0 Å². The Kier molecular flexibility index (Phi) is 10.6. The van der Waals surface area contributed by atoms with E-state index in [1.807, 2.05) is 44.2 Å². The Hall–Kier alpha value is -2.05. The van der Waals surface area contributed by atoms with E-state index < -0.39 is 6.04 Å². The summed E-state index contributed by atoms with van der Waals surface area (Å²) in [6, 6.07) is 9.08. The summed E-state index contributed by atoms with van der Waals surface area (Å²) in [4.78, 5) is 11.7. The fourth-order valence-corrected chi connectivity index (χ4v) is 1.52. The smallest absolute Gasteiger partial charge is 0.237 e. The van der Waals surface area contributed by atoms with Crippen LogP contribution in [0.1, 0.15) is 25.8 Å². The molecule has 1 unspecified atom stereocenters. The summed E-state index contributed by atoms with van der Waals surface area (Å²) >= 11 is 0. The normalized spacial score (nSPS) is 11.4. The Morgan fingerprint density at radius 1 is 1.33 bits per heavy atom. The monoisotopic (exact) mass is 293 g/mol. The molecule has 0 bridgehead atoms. The van der Waals surface area contributed by atoms with Gasteiger partial charge in [-0.1, -0.05) is 44.2 Å². The summed E-state index contributed by atoms with van der Waals surface area (Å²) < 4.78 is 0. The van der Waals surface area contributed by atoms with Crippen LogP contribution in [-0.4, -0.2) is 23.5 Å². The summed E-state index contributed by atoms with van der Waals surface area (Å²) in [6.45, 7) is 4.94. The zero-order valence-corrected chi connectivity index (χ0v) is 12.8. The summed E-state index contributed by atoms with van der Waals surface area (Å²) in [5, 5.41) is 4.18. The molecule has 21 heavy (non-hydrogen) atoms. The largest absolute Gasteiger partial charge is 0.403 e. The van der Waals surface area contributed by atoms with Crippen molar-refractivity contribution in [2.75, 3.05) is 6.54 Å². The molecule has 0 aliphatic rings. The Bertz CT molecular complexity index is 408. The molecule has 0 aliphatic carbocycles. The minimum absolute atomic E-state index is 0.186. The molecule has 0 saturated carbocycles. The number of nitrogens with two attached hydrogens (primary N) is 3. The lowest BCUT2D eigenvalue weighted by Crippen LogP contribution is -2.42. The highest BCUT2D eigenvalue weighted by atomic mass is 16.2. The standard InChI is InChI=1S/C13H21N5O.C2H6/c14-7-9-18(16)8-6-12(15)13(19)17-10-11-4-2-1-3-5-11;1-2/h1-5,7,9,12H,6,8,10,14-16H2,(H,17,19);1-2H3/b9-7-;. The van der Waals surface area contributed by atoms with Gasteiger partial charge in [-0.25, -0.2) is 5.84 Å². The highest BCUT2D eigenvalue weighted by Gasteiger charge is 2.13. The third-order valence-corrected chi connectivity index (χ3v) is 2.62. The first-order chi connectivity index (χ1) is 10.1. The van der Waals surface area contributed by atoms with Gasteiger partial charge in [0.25, 0.3) is 0 Å². The van der Waals surface area contributed by atoms with Crippen LogP contribution in [0.25, 0.3) is 0 Å². The second-order valence-electron chi connectivity index (χ2n) is 4.18. The molecular weight excluding hydrogens is 266 g/mol. The van der Waals surface area contributed by atoms with E-state index in [4.69, 9.17) is 17.3 Å². The number of nitrogens with one attached hydrogen (secondary N) is 1. The van der Waals surface area contributed by atoms with Gasteiger partial charge in [0.1, 0.15) is 0 Å². The van der Waals surface area contributed by atoms with Crippen LogP contribution in [0.4, 0.5) is 0 Å². The van der Waals surface area contributed by atoms with Gasteiger partial charge in [-0.15, -0.1) is 0 Å². The molecule has 0 spiro atoms. The van der Waals surface area contributed by atoms with Gasteiger partial charge >= 0.3 is 0 Å². The molecule has 0 heterocycles. The second-order valence-corrected chi connectivity index (χ2v) is 4.18. The first-order valence-electron chi connectivity index (χ1n) is 7.10. The number of rotatable bonds is 7. The van der Waals surface area contributed by atoms with Crippen molar-refractivity contribution < 1.29 is 4.79 Å². The van der Waals surface area contributed by atoms with Gasteiger partial charge in [-0.2, -0.15) is 0 Å². The number of carbonyl (C=O) groups excluding carboxylic acids is 1. The highest BCUT2D eigenvalue weighted by Crippen LogP contribution is 1.98. The maximum atomic E-state index is 11.7. The van der Waals surface area contributed by atoms with Gasteiger partial charge in [0, 0.05) is 25.5 Å². The first-order valence-corrected chi connectivity index (χ1v) is 7.10. The van der Waals surface area contributed by atoms with E-state index in [9.17, 15) is 4.79 Å². The summed E-state index contributed by atoms with van der Waals surface area (Å²) in [5.74, 6) is 5.39. The molecule has 7 N–H and O–H groups in total. The predicted molar refractivity (Wildman–Crippen MR) is 86.4 cm³/mol. The van der Waals surface area contributed by atoms with Crippen LogP contribution in [-0.2, 0) is 11.3 Å². The van der Waals surface area contributed by atoms with Gasteiger partial charge in [0.05, 0.1) is 6.04 Å². The van der Waals surface area contributed by atoms with Crippen LogP contribution in [0.15, 0.2) is 42.7 Å². The van der Waals surface area contributed by atoms with Gasteiger partial charge < -0.3 is 21.8 Å². The van der Waals surface area contributed by atoms with Gasteiger partial charge in [0.2, 0.25) is 5.91 Å². The Morgan fingerprint density at radius 3 is 2.52 bits per heavy atom. The van der Waals surface area contributed by atoms with Gasteiger partial charge in [0.15, 0.2) is 0 Å². The van der Waals surface area contributed by atoms with Crippen LogP contribution in [0.2, 0.25) is 0 Å². The minimum atomic E-state index is -0.582. The third kappa shape index (κ3) is 8.67. The maximum Gasteiger partial charge on any atom is 0.237 e. The van der Waals surface area contributed by atoms with Crippen molar-refractivity contribution in [3.8, 4) is 0 Å². The van der Waals surface area contributed by atoms with Crippen molar-refractivity contribution in [2.45, 2.75) is 32.9 Å². The predicted octanol–water partition coefficient (Wildman–Crippen LogP) is 0.652. The average Bonchev–Trinajstić information content (AvgIpc) is 2.53. The summed E-state index contributed by atoms with van der Waals surface area (Å²) in [7, 11) is 0. The molecule has 1 atom stereocenters. The lowest BCUT2D eigenvalue weighted by molar-refractivity contribution is -0.122. The molecule has 0 fully saturated rings. The SMILES string of the molecule is CC.N/C=C\N(N)CCC(N)C(=O)NCc1ccccc1. The molecule has 0 radical (unpaired) electrons. The Balaban J connectivity index is 0.00000191. The van der Waals surface area contributed by atoms with Gasteiger partial charge in [-0.3, -0.25) is 4.79 Å². The third-order valence-electron chi connectivity index (χ3n) is 2.62. The molecular formula is C15H27N5O. The lowest BCUT2D eigenvalue weighted by Gasteiger charge is -2.16. The lowest BCUT2D eigenvalue weighted by atomic mass is 10.2. The number of amides is 1. The summed E-state index contributed by atoms with van der Waals surface area (Å²) in [6.07, 6.45) is 3.32. The zero-order chi connectivity index (χ0) is 16.1. The van der Waals surface area contributed by atoms with E-state index in [-0.39, 0.29) is 5.91 Å². The van der Waals surface area contributed by atoms with Crippen LogP contribution < -0.4 is 22.6 Å². The van der Waals surface area contributed by atoms with E-state index in [2.05, 4.69) is 5.32 Å². The van der Waals surface area contributed by atoms with Gasteiger partial charge in [-0.05, 0) is 12.0 Å². The average molecular weight is 293 g/mol. The number of hydrazine groups is 1. The number of carbonyl (C=O) groups is 1. The van der Waals surface area contributed by atoms with Crippen LogP contribution in [0.5, 0.6) is 0 Å². The Morgan fingerprint density at radius 2 is 1.95 bits per heavy atom. The second kappa shape index (κ2) is 11.7. The molecule has 6 heteroatoms. The van der Waals surface area contributed by atoms with Crippen LogP contribution in [0, 0.1) is 0 Å². The van der Waals surface area contributed by atoms with E-state index in [1.165, 1.54) is 17.4 Å². The van der Waals surface area contributed by atoms with Crippen molar-refractivity contribution in [1.29, 1.82) is 0 Å². The number of benzene rings is 1. The topological polar surface area (TPSA) is 110 Å². The zero-order valence-electron chi connectivity index (χ0n) is 12.8. The minimum Gasteiger partial charge on any atom is -0.403 e. The highest BCUT2D eigenvalue weighted by molar-refractivity contribution is 5.81.